The molecule has 0 aromatic carbocycles. The van der Waals surface area contributed by atoms with Crippen LogP contribution in [0.5, 0.6) is 0 Å². The van der Waals surface area contributed by atoms with E-state index in [9.17, 15) is 9.90 Å². The minimum atomic E-state index is -0.298. The Morgan fingerprint density at radius 3 is 2.38 bits per heavy atom. The summed E-state index contributed by atoms with van der Waals surface area (Å²) >= 11 is 0. The zero-order valence-electron chi connectivity index (χ0n) is 9.00. The van der Waals surface area contributed by atoms with Crippen LogP contribution in [0.25, 0.3) is 0 Å². The zero-order chi connectivity index (χ0) is 10.2. The summed E-state index contributed by atoms with van der Waals surface area (Å²) in [6.45, 7) is 8.17. The second kappa shape index (κ2) is 3.41. The van der Waals surface area contributed by atoms with Gasteiger partial charge in [0.25, 0.3) is 0 Å². The SMILES string of the molecule is CC1CC(O)C(C(C)(C)C)CC1=O. The Balaban J connectivity index is 2.73. The summed E-state index contributed by atoms with van der Waals surface area (Å²) in [7, 11) is 0. The fraction of sp³-hybridized carbons (Fsp3) is 0.909. The van der Waals surface area contributed by atoms with E-state index in [1.165, 1.54) is 0 Å². The highest BCUT2D eigenvalue weighted by Gasteiger charge is 2.38. The molecular formula is C11H20O2. The number of Topliss-reactive ketones (excluding diaryl/α,β-unsaturated/α-hetero) is 1. The second-order valence-corrected chi connectivity index (χ2v) is 5.35. The van der Waals surface area contributed by atoms with Crippen LogP contribution in [0, 0.1) is 17.3 Å². The van der Waals surface area contributed by atoms with Crippen LogP contribution in [0.15, 0.2) is 0 Å². The van der Waals surface area contributed by atoms with E-state index >= 15 is 0 Å². The van der Waals surface area contributed by atoms with Crippen molar-refractivity contribution in [1.82, 2.24) is 0 Å². The molecule has 1 N–H and O–H groups in total. The largest absolute Gasteiger partial charge is 0.393 e. The molecule has 1 aliphatic carbocycles. The van der Waals surface area contributed by atoms with Crippen LogP contribution in [0.4, 0.5) is 0 Å². The van der Waals surface area contributed by atoms with Gasteiger partial charge in [-0.15, -0.1) is 0 Å². The molecule has 0 amide bonds. The number of aliphatic hydroxyl groups excluding tert-OH is 1. The van der Waals surface area contributed by atoms with Crippen LogP contribution in [-0.2, 0) is 4.79 Å². The lowest BCUT2D eigenvalue weighted by molar-refractivity contribution is -0.132. The molecule has 0 spiro atoms. The third-order valence-corrected chi connectivity index (χ3v) is 3.14. The molecule has 2 nitrogen and oxygen atoms in total. The predicted molar refractivity (Wildman–Crippen MR) is 52.4 cm³/mol. The molecule has 1 rings (SSSR count). The quantitative estimate of drug-likeness (QED) is 0.625. The lowest BCUT2D eigenvalue weighted by atomic mass is 9.68. The second-order valence-electron chi connectivity index (χ2n) is 5.35. The Labute approximate surface area is 80.3 Å². The average molecular weight is 184 g/mol. The number of hydrogen-bond donors (Lipinski definition) is 1. The van der Waals surface area contributed by atoms with Crippen molar-refractivity contribution < 1.29 is 9.90 Å². The number of carbonyl (C=O) groups excluding carboxylic acids is 1. The van der Waals surface area contributed by atoms with Crippen molar-refractivity contribution in [2.75, 3.05) is 0 Å². The van der Waals surface area contributed by atoms with Crippen LogP contribution >= 0.6 is 0 Å². The van der Waals surface area contributed by atoms with E-state index in [4.69, 9.17) is 0 Å². The minimum Gasteiger partial charge on any atom is -0.393 e. The van der Waals surface area contributed by atoms with E-state index in [1.54, 1.807) is 0 Å². The van der Waals surface area contributed by atoms with Gasteiger partial charge in [-0.05, 0) is 17.8 Å². The summed E-state index contributed by atoms with van der Waals surface area (Å²) in [6.07, 6.45) is 0.889. The van der Waals surface area contributed by atoms with Gasteiger partial charge in [0.1, 0.15) is 5.78 Å². The van der Waals surface area contributed by atoms with Crippen LogP contribution in [-0.4, -0.2) is 17.0 Å². The van der Waals surface area contributed by atoms with E-state index in [2.05, 4.69) is 20.8 Å². The Kier molecular flexibility index (Phi) is 2.81. The maximum Gasteiger partial charge on any atom is 0.136 e. The first-order chi connectivity index (χ1) is 5.82. The van der Waals surface area contributed by atoms with E-state index < -0.39 is 0 Å². The molecule has 0 heterocycles. The van der Waals surface area contributed by atoms with Crippen molar-refractivity contribution in [1.29, 1.82) is 0 Å². The highest BCUT2D eigenvalue weighted by molar-refractivity contribution is 5.81. The van der Waals surface area contributed by atoms with Gasteiger partial charge in [0.05, 0.1) is 6.10 Å². The van der Waals surface area contributed by atoms with Crippen LogP contribution in [0.1, 0.15) is 40.5 Å². The van der Waals surface area contributed by atoms with Gasteiger partial charge < -0.3 is 5.11 Å². The zero-order valence-corrected chi connectivity index (χ0v) is 9.00. The summed E-state index contributed by atoms with van der Waals surface area (Å²) in [5.74, 6) is 0.495. The van der Waals surface area contributed by atoms with Crippen molar-refractivity contribution in [3.05, 3.63) is 0 Å². The lowest BCUT2D eigenvalue weighted by Gasteiger charge is -2.39. The van der Waals surface area contributed by atoms with Crippen molar-refractivity contribution in [2.24, 2.45) is 17.3 Å². The third-order valence-electron chi connectivity index (χ3n) is 3.14. The Bertz CT molecular complexity index is 203. The lowest BCUT2D eigenvalue weighted by Crippen LogP contribution is -2.41. The number of carbonyl (C=O) groups is 1. The number of ketones is 1. The van der Waals surface area contributed by atoms with Gasteiger partial charge >= 0.3 is 0 Å². The van der Waals surface area contributed by atoms with E-state index in [-0.39, 0.29) is 23.4 Å². The summed E-state index contributed by atoms with van der Waals surface area (Å²) in [5, 5.41) is 9.84. The third kappa shape index (κ3) is 2.31. The molecule has 1 aliphatic rings. The summed E-state index contributed by atoms with van der Waals surface area (Å²) in [5.41, 5.74) is 0.0369. The van der Waals surface area contributed by atoms with Crippen LogP contribution in [0.3, 0.4) is 0 Å². The number of hydrogen-bond acceptors (Lipinski definition) is 2. The van der Waals surface area contributed by atoms with E-state index in [1.807, 2.05) is 6.92 Å². The van der Waals surface area contributed by atoms with E-state index in [0.717, 1.165) is 0 Å². The molecule has 3 atom stereocenters. The number of rotatable bonds is 0. The monoisotopic (exact) mass is 184 g/mol. The normalized spacial score (nSPS) is 36.4. The van der Waals surface area contributed by atoms with Gasteiger partial charge in [0, 0.05) is 12.3 Å². The minimum absolute atomic E-state index is 0.0369. The highest BCUT2D eigenvalue weighted by Crippen LogP contribution is 2.38. The molecule has 0 radical (unpaired) electrons. The fourth-order valence-corrected chi connectivity index (χ4v) is 2.10. The first-order valence-electron chi connectivity index (χ1n) is 5.03. The summed E-state index contributed by atoms with van der Waals surface area (Å²) in [4.78, 5) is 11.5. The smallest absolute Gasteiger partial charge is 0.136 e. The molecule has 0 saturated heterocycles. The molecule has 1 fully saturated rings. The van der Waals surface area contributed by atoms with Crippen LogP contribution < -0.4 is 0 Å². The van der Waals surface area contributed by atoms with Crippen molar-refractivity contribution in [3.63, 3.8) is 0 Å². The fourth-order valence-electron chi connectivity index (χ4n) is 2.10. The standard InChI is InChI=1S/C11H20O2/c1-7-5-10(13)8(6-9(7)12)11(2,3)4/h7-8,10,13H,5-6H2,1-4H3. The number of aliphatic hydroxyl groups is 1. The molecular weight excluding hydrogens is 164 g/mol. The van der Waals surface area contributed by atoms with Gasteiger partial charge in [-0.3, -0.25) is 4.79 Å². The maximum atomic E-state index is 11.5. The molecule has 0 aromatic rings. The molecule has 2 heteroatoms. The predicted octanol–water partition coefficient (Wildman–Crippen LogP) is 2.01. The Hall–Kier alpha value is -0.370. The highest BCUT2D eigenvalue weighted by atomic mass is 16.3. The van der Waals surface area contributed by atoms with Gasteiger partial charge in [-0.2, -0.15) is 0 Å². The first-order valence-corrected chi connectivity index (χ1v) is 5.03. The van der Waals surface area contributed by atoms with E-state index in [0.29, 0.717) is 18.6 Å². The molecule has 1 saturated carbocycles. The molecule has 0 aromatic heterocycles. The average Bonchev–Trinajstić information content (AvgIpc) is 1.94. The van der Waals surface area contributed by atoms with Crippen molar-refractivity contribution in [3.8, 4) is 0 Å². The van der Waals surface area contributed by atoms with Gasteiger partial charge in [-0.25, -0.2) is 0 Å². The summed E-state index contributed by atoms with van der Waals surface area (Å²) in [6, 6.07) is 0. The molecule has 76 valence electrons. The van der Waals surface area contributed by atoms with Crippen molar-refractivity contribution >= 4 is 5.78 Å². The topological polar surface area (TPSA) is 37.3 Å². The van der Waals surface area contributed by atoms with Crippen molar-refractivity contribution in [2.45, 2.75) is 46.6 Å². The Morgan fingerprint density at radius 2 is 1.92 bits per heavy atom. The Morgan fingerprint density at radius 1 is 1.38 bits per heavy atom. The van der Waals surface area contributed by atoms with Gasteiger partial charge in [-0.1, -0.05) is 27.7 Å². The molecule has 3 unspecified atom stereocenters. The molecule has 13 heavy (non-hydrogen) atoms. The maximum absolute atomic E-state index is 11.5. The first kappa shape index (κ1) is 10.7. The van der Waals surface area contributed by atoms with Crippen LogP contribution in [0.2, 0.25) is 0 Å². The van der Waals surface area contributed by atoms with Gasteiger partial charge in [0.2, 0.25) is 0 Å². The molecule has 0 bridgehead atoms. The summed E-state index contributed by atoms with van der Waals surface area (Å²) < 4.78 is 0. The van der Waals surface area contributed by atoms with Gasteiger partial charge in [0.15, 0.2) is 0 Å². The molecule has 0 aliphatic heterocycles.